The van der Waals surface area contributed by atoms with Crippen molar-refractivity contribution in [1.29, 1.82) is 0 Å². The molecular weight excluding hydrogens is 351 g/mol. The fraction of sp³-hybridized carbons (Fsp3) is 0.769. The molecule has 0 aliphatic carbocycles. The molecule has 0 aliphatic rings. The van der Waals surface area contributed by atoms with E-state index in [1.807, 2.05) is 0 Å². The number of aryl methyl sites for hydroxylation is 2. The fourth-order valence-electron chi connectivity index (χ4n) is 4.28. The summed E-state index contributed by atoms with van der Waals surface area (Å²) in [4.78, 5) is 0. The molecular formula is C26H46NaO. The first-order valence-corrected chi connectivity index (χ1v) is 11.9. The van der Waals surface area contributed by atoms with Crippen LogP contribution in [0.1, 0.15) is 126 Å². The summed E-state index contributed by atoms with van der Waals surface area (Å²) in [5.41, 5.74) is 4.41. The van der Waals surface area contributed by atoms with Crippen molar-refractivity contribution < 1.29 is 5.11 Å². The van der Waals surface area contributed by atoms with Crippen LogP contribution < -0.4 is 0 Å². The Labute approximate surface area is 198 Å². The zero-order valence-corrected chi connectivity index (χ0v) is 21.6. The third-order valence-corrected chi connectivity index (χ3v) is 5.83. The topological polar surface area (TPSA) is 20.2 Å². The van der Waals surface area contributed by atoms with E-state index >= 15 is 0 Å². The minimum atomic E-state index is 0. The van der Waals surface area contributed by atoms with Crippen LogP contribution in [0.5, 0.6) is 0 Å². The molecule has 28 heavy (non-hydrogen) atoms. The van der Waals surface area contributed by atoms with Gasteiger partial charge in [-0.1, -0.05) is 113 Å². The molecule has 0 saturated carbocycles. The number of aliphatic hydroxyl groups excluding tert-OH is 1. The molecule has 0 bridgehead atoms. The van der Waals surface area contributed by atoms with Gasteiger partial charge in [0.2, 0.25) is 0 Å². The first-order chi connectivity index (χ1) is 13.2. The second-order valence-corrected chi connectivity index (χ2v) is 8.66. The normalized spacial score (nSPS) is 12.0. The standard InChI is InChI=1S/C26H46O.Na/c1-4-5-6-7-8-11-14-17-25(18-15-12-9-10-13-16-19-27)26-21-23(2)20-24(3)22-26;/h20-22,25,27H,4-19H2,1-3H3;. The molecule has 0 fully saturated rings. The van der Waals surface area contributed by atoms with Crippen LogP contribution in [0.2, 0.25) is 0 Å². The Balaban J connectivity index is 0.00000729. The van der Waals surface area contributed by atoms with Gasteiger partial charge < -0.3 is 5.11 Å². The number of unbranched alkanes of at least 4 members (excludes halogenated alkanes) is 11. The second-order valence-electron chi connectivity index (χ2n) is 8.66. The summed E-state index contributed by atoms with van der Waals surface area (Å²) in [7, 11) is 0. The SMILES string of the molecule is CCCCCCCCCC(CCCCCCCCO)c1cc(C)cc(C)c1.[Na]. The summed E-state index contributed by atoms with van der Waals surface area (Å²) in [6.07, 6.45) is 20.0. The van der Waals surface area contributed by atoms with Gasteiger partial charge in [0.05, 0.1) is 0 Å². The molecule has 1 aromatic carbocycles. The van der Waals surface area contributed by atoms with Crippen LogP contribution in [0, 0.1) is 13.8 Å². The average molecular weight is 398 g/mol. The monoisotopic (exact) mass is 397 g/mol. The molecule has 0 saturated heterocycles. The van der Waals surface area contributed by atoms with E-state index in [-0.39, 0.29) is 29.6 Å². The van der Waals surface area contributed by atoms with Gasteiger partial charge in [-0.3, -0.25) is 0 Å². The summed E-state index contributed by atoms with van der Waals surface area (Å²) >= 11 is 0. The van der Waals surface area contributed by atoms with Crippen LogP contribution >= 0.6 is 0 Å². The van der Waals surface area contributed by atoms with E-state index in [0.29, 0.717) is 6.61 Å². The van der Waals surface area contributed by atoms with Crippen LogP contribution in [-0.2, 0) is 0 Å². The van der Waals surface area contributed by atoms with Crippen molar-refractivity contribution in [2.75, 3.05) is 6.61 Å². The molecule has 1 unspecified atom stereocenters. The molecule has 0 amide bonds. The van der Waals surface area contributed by atoms with Crippen molar-refractivity contribution in [2.45, 2.75) is 123 Å². The van der Waals surface area contributed by atoms with Gasteiger partial charge in [0.1, 0.15) is 0 Å². The van der Waals surface area contributed by atoms with Crippen LogP contribution in [0.3, 0.4) is 0 Å². The Morgan fingerprint density at radius 2 is 1.07 bits per heavy atom. The molecule has 1 rings (SSSR count). The largest absolute Gasteiger partial charge is 0.396 e. The Kier molecular flexibility index (Phi) is 19.3. The van der Waals surface area contributed by atoms with E-state index in [9.17, 15) is 0 Å². The van der Waals surface area contributed by atoms with Gasteiger partial charge in [-0.05, 0) is 44.6 Å². The molecule has 1 nitrogen and oxygen atoms in total. The average Bonchev–Trinajstić information content (AvgIpc) is 2.64. The Morgan fingerprint density at radius 3 is 1.54 bits per heavy atom. The molecule has 0 aromatic heterocycles. The maximum absolute atomic E-state index is 8.88. The number of benzene rings is 1. The summed E-state index contributed by atoms with van der Waals surface area (Å²) in [5.74, 6) is 0.747. The number of hydrogen-bond donors (Lipinski definition) is 1. The van der Waals surface area contributed by atoms with E-state index in [2.05, 4.69) is 39.0 Å². The van der Waals surface area contributed by atoms with Crippen molar-refractivity contribution in [2.24, 2.45) is 0 Å². The van der Waals surface area contributed by atoms with Crippen LogP contribution in [-0.4, -0.2) is 41.3 Å². The van der Waals surface area contributed by atoms with E-state index in [1.54, 1.807) is 5.56 Å². The van der Waals surface area contributed by atoms with Gasteiger partial charge in [-0.2, -0.15) is 0 Å². The molecule has 1 N–H and O–H groups in total. The zero-order valence-electron chi connectivity index (χ0n) is 19.6. The third kappa shape index (κ3) is 14.2. The number of aliphatic hydroxyl groups is 1. The maximum Gasteiger partial charge on any atom is 0.0431 e. The van der Waals surface area contributed by atoms with E-state index in [4.69, 9.17) is 5.11 Å². The first kappa shape index (κ1) is 28.2. The Morgan fingerprint density at radius 1 is 0.643 bits per heavy atom. The van der Waals surface area contributed by atoms with Crippen molar-refractivity contribution in [3.05, 3.63) is 34.9 Å². The van der Waals surface area contributed by atoms with Crippen molar-refractivity contribution in [3.63, 3.8) is 0 Å². The van der Waals surface area contributed by atoms with E-state index < -0.39 is 0 Å². The maximum atomic E-state index is 8.88. The minimum Gasteiger partial charge on any atom is -0.396 e. The van der Waals surface area contributed by atoms with Crippen LogP contribution in [0.15, 0.2) is 18.2 Å². The predicted molar refractivity (Wildman–Crippen MR) is 126 cm³/mol. The molecule has 1 aromatic rings. The van der Waals surface area contributed by atoms with Crippen molar-refractivity contribution in [3.8, 4) is 0 Å². The van der Waals surface area contributed by atoms with Gasteiger partial charge >= 0.3 is 0 Å². The zero-order chi connectivity index (χ0) is 19.7. The van der Waals surface area contributed by atoms with Gasteiger partial charge in [-0.15, -0.1) is 0 Å². The molecule has 0 spiro atoms. The van der Waals surface area contributed by atoms with Crippen molar-refractivity contribution >= 4 is 29.6 Å². The minimum absolute atomic E-state index is 0. The predicted octanol–water partition coefficient (Wildman–Crippen LogP) is 7.87. The second kappa shape index (κ2) is 19.2. The quantitative estimate of drug-likeness (QED) is 0.209. The van der Waals surface area contributed by atoms with Crippen molar-refractivity contribution in [1.82, 2.24) is 0 Å². The summed E-state index contributed by atoms with van der Waals surface area (Å²) in [6.45, 7) is 7.12. The van der Waals surface area contributed by atoms with Gasteiger partial charge in [0.25, 0.3) is 0 Å². The van der Waals surface area contributed by atoms with Gasteiger partial charge in [-0.25, -0.2) is 0 Å². The molecule has 0 heterocycles. The number of rotatable bonds is 17. The summed E-state index contributed by atoms with van der Waals surface area (Å²) in [6, 6.07) is 7.16. The number of hydrogen-bond acceptors (Lipinski definition) is 1. The molecule has 0 aliphatic heterocycles. The molecule has 1 radical (unpaired) electrons. The smallest absolute Gasteiger partial charge is 0.0431 e. The summed E-state index contributed by atoms with van der Waals surface area (Å²) in [5, 5.41) is 8.88. The fourth-order valence-corrected chi connectivity index (χ4v) is 4.28. The van der Waals surface area contributed by atoms with E-state index in [0.717, 1.165) is 12.3 Å². The van der Waals surface area contributed by atoms with Crippen LogP contribution in [0.25, 0.3) is 0 Å². The van der Waals surface area contributed by atoms with E-state index in [1.165, 1.54) is 101 Å². The van der Waals surface area contributed by atoms with Crippen LogP contribution in [0.4, 0.5) is 0 Å². The Bertz CT molecular complexity index is 433. The molecule has 157 valence electrons. The first-order valence-electron chi connectivity index (χ1n) is 11.9. The Hall–Kier alpha value is 0.180. The summed E-state index contributed by atoms with van der Waals surface area (Å²) < 4.78 is 0. The molecule has 2 heteroatoms. The van der Waals surface area contributed by atoms with Gasteiger partial charge in [0, 0.05) is 36.2 Å². The third-order valence-electron chi connectivity index (χ3n) is 5.83. The molecule has 1 atom stereocenters. The van der Waals surface area contributed by atoms with Gasteiger partial charge in [0.15, 0.2) is 0 Å².